The number of aryl methyl sites for hydroxylation is 3. The molecule has 0 spiro atoms. The number of carbonyl (C=O) groups excluding carboxylic acids is 1. The van der Waals surface area contributed by atoms with Gasteiger partial charge in [0.15, 0.2) is 0 Å². The summed E-state index contributed by atoms with van der Waals surface area (Å²) in [6.07, 6.45) is 0. The molecule has 0 fully saturated rings. The first-order chi connectivity index (χ1) is 8.90. The normalized spacial score (nSPS) is 10.5. The second-order valence-corrected chi connectivity index (χ2v) is 4.75. The standard InChI is InChI=1S/C15H18N2O2/c1-8-5-6-13(16)10(3)14(8)17-15(18)12-7-9(2)19-11(12)4/h5-7H,16H2,1-4H3,(H,17,18). The first-order valence-electron chi connectivity index (χ1n) is 6.14. The lowest BCUT2D eigenvalue weighted by Crippen LogP contribution is -2.14. The summed E-state index contributed by atoms with van der Waals surface area (Å²) in [6.45, 7) is 7.43. The van der Waals surface area contributed by atoms with E-state index < -0.39 is 0 Å². The molecule has 1 amide bonds. The maximum Gasteiger partial charge on any atom is 0.259 e. The second kappa shape index (κ2) is 4.80. The van der Waals surface area contributed by atoms with Gasteiger partial charge in [-0.2, -0.15) is 0 Å². The highest BCUT2D eigenvalue weighted by Crippen LogP contribution is 2.26. The Bertz CT molecular complexity index is 642. The smallest absolute Gasteiger partial charge is 0.259 e. The van der Waals surface area contributed by atoms with E-state index >= 15 is 0 Å². The molecule has 1 aromatic heterocycles. The van der Waals surface area contributed by atoms with Crippen LogP contribution in [0.1, 0.15) is 33.0 Å². The molecule has 0 saturated carbocycles. The summed E-state index contributed by atoms with van der Waals surface area (Å²) >= 11 is 0. The average Bonchev–Trinajstić information content (AvgIpc) is 2.69. The number of nitrogens with two attached hydrogens (primary N) is 1. The van der Waals surface area contributed by atoms with Gasteiger partial charge in [-0.25, -0.2) is 0 Å². The van der Waals surface area contributed by atoms with Crippen molar-refractivity contribution in [2.45, 2.75) is 27.7 Å². The first kappa shape index (κ1) is 13.2. The monoisotopic (exact) mass is 258 g/mol. The van der Waals surface area contributed by atoms with E-state index in [4.69, 9.17) is 10.2 Å². The number of amides is 1. The van der Waals surface area contributed by atoms with Crippen LogP contribution in [0.2, 0.25) is 0 Å². The number of nitrogen functional groups attached to an aromatic ring is 1. The molecule has 1 aromatic carbocycles. The fourth-order valence-electron chi connectivity index (χ4n) is 2.09. The molecule has 2 rings (SSSR count). The van der Waals surface area contributed by atoms with Gasteiger partial charge in [0.25, 0.3) is 5.91 Å². The Morgan fingerprint density at radius 2 is 1.89 bits per heavy atom. The summed E-state index contributed by atoms with van der Waals surface area (Å²) < 4.78 is 5.37. The third kappa shape index (κ3) is 2.47. The van der Waals surface area contributed by atoms with Gasteiger partial charge in [0.2, 0.25) is 0 Å². The summed E-state index contributed by atoms with van der Waals surface area (Å²) in [6, 6.07) is 5.47. The number of carbonyl (C=O) groups is 1. The molecular weight excluding hydrogens is 240 g/mol. The van der Waals surface area contributed by atoms with Crippen LogP contribution in [0.15, 0.2) is 22.6 Å². The van der Waals surface area contributed by atoms with Crippen LogP contribution in [0.4, 0.5) is 11.4 Å². The predicted molar refractivity (Wildman–Crippen MR) is 76.5 cm³/mol. The van der Waals surface area contributed by atoms with Gasteiger partial charge in [0.05, 0.1) is 5.56 Å². The number of benzene rings is 1. The fourth-order valence-corrected chi connectivity index (χ4v) is 2.09. The lowest BCUT2D eigenvalue weighted by Gasteiger charge is -2.13. The third-order valence-electron chi connectivity index (χ3n) is 3.24. The van der Waals surface area contributed by atoms with Crippen molar-refractivity contribution in [2.24, 2.45) is 0 Å². The van der Waals surface area contributed by atoms with Crippen LogP contribution in [0.5, 0.6) is 0 Å². The fraction of sp³-hybridized carbons (Fsp3) is 0.267. The SMILES string of the molecule is Cc1cc(C(=O)Nc2c(C)ccc(N)c2C)c(C)o1. The van der Waals surface area contributed by atoms with Gasteiger partial charge in [-0.05, 0) is 51.0 Å². The van der Waals surface area contributed by atoms with Crippen molar-refractivity contribution in [3.05, 3.63) is 46.4 Å². The molecule has 100 valence electrons. The minimum Gasteiger partial charge on any atom is -0.466 e. The third-order valence-corrected chi connectivity index (χ3v) is 3.24. The van der Waals surface area contributed by atoms with Crippen molar-refractivity contribution < 1.29 is 9.21 Å². The number of furan rings is 1. The van der Waals surface area contributed by atoms with Gasteiger partial charge in [-0.1, -0.05) is 6.07 Å². The number of nitrogens with one attached hydrogen (secondary N) is 1. The molecule has 2 aromatic rings. The van der Waals surface area contributed by atoms with Crippen molar-refractivity contribution in [2.75, 3.05) is 11.1 Å². The predicted octanol–water partition coefficient (Wildman–Crippen LogP) is 3.35. The molecule has 0 saturated heterocycles. The zero-order valence-corrected chi connectivity index (χ0v) is 11.6. The quantitative estimate of drug-likeness (QED) is 0.812. The Hall–Kier alpha value is -2.23. The molecule has 0 aliphatic heterocycles. The van der Waals surface area contributed by atoms with Crippen molar-refractivity contribution in [1.82, 2.24) is 0 Å². The second-order valence-electron chi connectivity index (χ2n) is 4.75. The summed E-state index contributed by atoms with van der Waals surface area (Å²) in [5.41, 5.74) is 9.72. The molecule has 3 N–H and O–H groups in total. The highest BCUT2D eigenvalue weighted by molar-refractivity contribution is 6.06. The van der Waals surface area contributed by atoms with E-state index in [1.807, 2.05) is 32.9 Å². The summed E-state index contributed by atoms with van der Waals surface area (Å²) in [5.74, 6) is 1.17. The molecule has 4 nitrogen and oxygen atoms in total. The zero-order valence-electron chi connectivity index (χ0n) is 11.6. The molecule has 4 heteroatoms. The number of rotatable bonds is 2. The summed E-state index contributed by atoms with van der Waals surface area (Å²) in [7, 11) is 0. The minimum absolute atomic E-state index is 0.175. The summed E-state index contributed by atoms with van der Waals surface area (Å²) in [4.78, 5) is 12.3. The Kier molecular flexibility index (Phi) is 3.34. The van der Waals surface area contributed by atoms with Gasteiger partial charge in [-0.15, -0.1) is 0 Å². The summed E-state index contributed by atoms with van der Waals surface area (Å²) in [5, 5.41) is 2.91. The molecule has 0 aliphatic rings. The molecule has 0 unspecified atom stereocenters. The van der Waals surface area contributed by atoms with Gasteiger partial charge < -0.3 is 15.5 Å². The topological polar surface area (TPSA) is 68.3 Å². The largest absolute Gasteiger partial charge is 0.466 e. The van der Waals surface area contributed by atoms with Crippen LogP contribution >= 0.6 is 0 Å². The molecule has 1 heterocycles. The highest BCUT2D eigenvalue weighted by atomic mass is 16.3. The molecule has 0 aliphatic carbocycles. The molecular formula is C15H18N2O2. The van der Waals surface area contributed by atoms with E-state index in [0.717, 1.165) is 22.6 Å². The lowest BCUT2D eigenvalue weighted by atomic mass is 10.1. The minimum atomic E-state index is -0.175. The van der Waals surface area contributed by atoms with Crippen LogP contribution < -0.4 is 11.1 Å². The Morgan fingerprint density at radius 1 is 1.21 bits per heavy atom. The molecule has 0 radical (unpaired) electrons. The van der Waals surface area contributed by atoms with E-state index in [1.54, 1.807) is 13.0 Å². The van der Waals surface area contributed by atoms with Crippen LogP contribution in [-0.2, 0) is 0 Å². The molecule has 0 bridgehead atoms. The maximum atomic E-state index is 12.3. The van der Waals surface area contributed by atoms with Crippen molar-refractivity contribution in [3.63, 3.8) is 0 Å². The number of anilines is 2. The highest BCUT2D eigenvalue weighted by Gasteiger charge is 2.16. The lowest BCUT2D eigenvalue weighted by molar-refractivity contribution is 0.102. The van der Waals surface area contributed by atoms with E-state index in [0.29, 0.717) is 17.0 Å². The van der Waals surface area contributed by atoms with Gasteiger partial charge in [0.1, 0.15) is 11.5 Å². The average molecular weight is 258 g/mol. The van der Waals surface area contributed by atoms with Crippen LogP contribution in [0.25, 0.3) is 0 Å². The Balaban J connectivity index is 2.34. The van der Waals surface area contributed by atoms with Gasteiger partial charge in [0, 0.05) is 11.4 Å². The number of hydrogen-bond acceptors (Lipinski definition) is 3. The van der Waals surface area contributed by atoms with E-state index in [-0.39, 0.29) is 5.91 Å². The van der Waals surface area contributed by atoms with E-state index in [2.05, 4.69) is 5.32 Å². The van der Waals surface area contributed by atoms with Crippen LogP contribution in [0.3, 0.4) is 0 Å². The van der Waals surface area contributed by atoms with Crippen molar-refractivity contribution >= 4 is 17.3 Å². The number of hydrogen-bond donors (Lipinski definition) is 2. The maximum absolute atomic E-state index is 12.3. The zero-order chi connectivity index (χ0) is 14.2. The Morgan fingerprint density at radius 3 is 2.47 bits per heavy atom. The van der Waals surface area contributed by atoms with Crippen molar-refractivity contribution in [3.8, 4) is 0 Å². The molecule has 19 heavy (non-hydrogen) atoms. The van der Waals surface area contributed by atoms with Gasteiger partial charge >= 0.3 is 0 Å². The van der Waals surface area contributed by atoms with E-state index in [1.165, 1.54) is 0 Å². The van der Waals surface area contributed by atoms with Gasteiger partial charge in [-0.3, -0.25) is 4.79 Å². The molecule has 0 atom stereocenters. The Labute approximate surface area is 112 Å². The van der Waals surface area contributed by atoms with Crippen molar-refractivity contribution in [1.29, 1.82) is 0 Å². The van der Waals surface area contributed by atoms with Crippen LogP contribution in [-0.4, -0.2) is 5.91 Å². The van der Waals surface area contributed by atoms with E-state index in [9.17, 15) is 4.79 Å². The van der Waals surface area contributed by atoms with Crippen LogP contribution in [0, 0.1) is 27.7 Å². The first-order valence-corrected chi connectivity index (χ1v) is 6.14.